The Hall–Kier alpha value is -3.21. The van der Waals surface area contributed by atoms with Crippen LogP contribution in [0.15, 0.2) is 28.2 Å². The summed E-state index contributed by atoms with van der Waals surface area (Å²) in [6.07, 6.45) is 3.00. The van der Waals surface area contributed by atoms with Crippen LogP contribution in [0.2, 0.25) is 0 Å². The van der Waals surface area contributed by atoms with Crippen molar-refractivity contribution in [2.75, 3.05) is 0 Å². The Morgan fingerprint density at radius 3 is 2.68 bits per heavy atom. The Morgan fingerprint density at radius 2 is 2.09 bits per heavy atom. The normalized spacial score (nSPS) is 11.7. The Balaban J connectivity index is 2.18. The number of nitrogens with one attached hydrogen (secondary N) is 5. The average Bonchev–Trinajstić information content (AvgIpc) is 2.97. The molecule has 0 aliphatic carbocycles. The van der Waals surface area contributed by atoms with Gasteiger partial charge in [0.1, 0.15) is 11.7 Å². The number of aromatic nitrogens is 4. The van der Waals surface area contributed by atoms with E-state index in [0.29, 0.717) is 5.69 Å². The molecule has 2 rings (SSSR count). The van der Waals surface area contributed by atoms with Crippen molar-refractivity contribution in [1.82, 2.24) is 30.7 Å². The number of carbonyl (C=O) groups is 2. The standard InChI is InChI=1S/C11H13N7O4/c12-18-10(21)6(1-5-3-13-4-14-5)15-9(20)7-2-8(19)17-11(22)16-7/h2-4,6H,1,12H2,(H,13,14)(H,15,20)(H,18,21)(H2,16,17,19,22)/t6-/m0/s1. The summed E-state index contributed by atoms with van der Waals surface area (Å²) in [5.41, 5.74) is 0.688. The highest BCUT2D eigenvalue weighted by atomic mass is 16.2. The molecule has 1 atom stereocenters. The maximum atomic E-state index is 12.0. The van der Waals surface area contributed by atoms with Gasteiger partial charge in [-0.2, -0.15) is 0 Å². The van der Waals surface area contributed by atoms with Crippen LogP contribution < -0.4 is 27.8 Å². The van der Waals surface area contributed by atoms with E-state index in [1.54, 1.807) is 0 Å². The summed E-state index contributed by atoms with van der Waals surface area (Å²) < 4.78 is 0. The third-order valence-electron chi connectivity index (χ3n) is 2.75. The number of hydrazine groups is 1. The second-order valence-corrected chi connectivity index (χ2v) is 4.32. The van der Waals surface area contributed by atoms with E-state index in [9.17, 15) is 19.2 Å². The third-order valence-corrected chi connectivity index (χ3v) is 2.75. The topological polar surface area (TPSA) is 179 Å². The molecule has 2 aromatic heterocycles. The Morgan fingerprint density at radius 1 is 1.32 bits per heavy atom. The van der Waals surface area contributed by atoms with Crippen LogP contribution in [-0.2, 0) is 11.2 Å². The van der Waals surface area contributed by atoms with Crippen molar-refractivity contribution < 1.29 is 9.59 Å². The van der Waals surface area contributed by atoms with Gasteiger partial charge in [-0.3, -0.25) is 24.8 Å². The largest absolute Gasteiger partial charge is 0.348 e. The second kappa shape index (κ2) is 6.49. The molecule has 0 spiro atoms. The molecule has 0 aromatic carbocycles. The summed E-state index contributed by atoms with van der Waals surface area (Å²) in [5.74, 6) is 3.64. The minimum atomic E-state index is -1.01. The maximum absolute atomic E-state index is 12.0. The van der Waals surface area contributed by atoms with E-state index in [4.69, 9.17) is 5.84 Å². The van der Waals surface area contributed by atoms with Crippen molar-refractivity contribution in [3.05, 3.63) is 50.8 Å². The average molecular weight is 307 g/mol. The van der Waals surface area contributed by atoms with Gasteiger partial charge in [-0.1, -0.05) is 0 Å². The lowest BCUT2D eigenvalue weighted by Crippen LogP contribution is -2.50. The van der Waals surface area contributed by atoms with Crippen LogP contribution in [-0.4, -0.2) is 37.8 Å². The first-order valence-corrected chi connectivity index (χ1v) is 6.12. The summed E-state index contributed by atoms with van der Waals surface area (Å²) in [6.45, 7) is 0. The van der Waals surface area contributed by atoms with E-state index < -0.39 is 29.1 Å². The van der Waals surface area contributed by atoms with Crippen LogP contribution in [0.4, 0.5) is 0 Å². The zero-order chi connectivity index (χ0) is 16.1. The van der Waals surface area contributed by atoms with Gasteiger partial charge in [-0.25, -0.2) is 15.6 Å². The van der Waals surface area contributed by atoms with Gasteiger partial charge in [0.2, 0.25) is 0 Å². The number of hydrogen-bond donors (Lipinski definition) is 6. The van der Waals surface area contributed by atoms with Gasteiger partial charge in [0, 0.05) is 24.4 Å². The van der Waals surface area contributed by atoms with E-state index in [0.717, 1.165) is 6.07 Å². The minimum Gasteiger partial charge on any atom is -0.348 e. The number of hydrogen-bond acceptors (Lipinski definition) is 6. The van der Waals surface area contributed by atoms with Gasteiger partial charge in [0.15, 0.2) is 0 Å². The lowest BCUT2D eigenvalue weighted by Gasteiger charge is -2.16. The summed E-state index contributed by atoms with van der Waals surface area (Å²) >= 11 is 0. The van der Waals surface area contributed by atoms with Crippen molar-refractivity contribution in [1.29, 1.82) is 0 Å². The number of aromatic amines is 3. The summed E-state index contributed by atoms with van der Waals surface area (Å²) in [4.78, 5) is 56.7. The number of imidazole rings is 1. The lowest BCUT2D eigenvalue weighted by molar-refractivity contribution is -0.123. The Bertz CT molecular complexity index is 748. The van der Waals surface area contributed by atoms with Crippen molar-refractivity contribution in [2.24, 2.45) is 5.84 Å². The fraction of sp³-hybridized carbons (Fsp3) is 0.182. The predicted molar refractivity (Wildman–Crippen MR) is 73.6 cm³/mol. The number of nitrogens with zero attached hydrogens (tertiary/aromatic N) is 1. The van der Waals surface area contributed by atoms with Gasteiger partial charge >= 0.3 is 5.69 Å². The number of H-pyrrole nitrogens is 3. The van der Waals surface area contributed by atoms with Gasteiger partial charge in [0.25, 0.3) is 17.4 Å². The van der Waals surface area contributed by atoms with Crippen LogP contribution in [0.25, 0.3) is 0 Å². The molecule has 7 N–H and O–H groups in total. The molecule has 0 fully saturated rings. The van der Waals surface area contributed by atoms with Crippen LogP contribution in [0, 0.1) is 0 Å². The van der Waals surface area contributed by atoms with Crippen LogP contribution in [0.3, 0.4) is 0 Å². The number of amides is 2. The summed E-state index contributed by atoms with van der Waals surface area (Å²) in [6, 6.07) is -0.106. The highest BCUT2D eigenvalue weighted by molar-refractivity contribution is 5.95. The first-order chi connectivity index (χ1) is 10.5. The number of nitrogens with two attached hydrogens (primary N) is 1. The number of rotatable bonds is 5. The molecule has 22 heavy (non-hydrogen) atoms. The molecule has 2 heterocycles. The quantitative estimate of drug-likeness (QED) is 0.196. The zero-order valence-corrected chi connectivity index (χ0v) is 11.2. The van der Waals surface area contributed by atoms with Gasteiger partial charge < -0.3 is 15.3 Å². The number of carbonyl (C=O) groups excluding carboxylic acids is 2. The Kier molecular flexibility index (Phi) is 4.48. The first-order valence-electron chi connectivity index (χ1n) is 6.12. The monoisotopic (exact) mass is 307 g/mol. The van der Waals surface area contributed by atoms with Crippen molar-refractivity contribution in [2.45, 2.75) is 12.5 Å². The van der Waals surface area contributed by atoms with Gasteiger partial charge in [-0.15, -0.1) is 0 Å². The fourth-order valence-electron chi connectivity index (χ4n) is 1.75. The molecule has 0 radical (unpaired) electrons. The van der Waals surface area contributed by atoms with E-state index in [1.807, 2.05) is 10.4 Å². The molecular formula is C11H13N7O4. The molecule has 0 aliphatic rings. The van der Waals surface area contributed by atoms with Gasteiger partial charge in [0.05, 0.1) is 6.33 Å². The summed E-state index contributed by atoms with van der Waals surface area (Å²) in [5, 5.41) is 2.38. The van der Waals surface area contributed by atoms with E-state index in [2.05, 4.69) is 20.3 Å². The van der Waals surface area contributed by atoms with Crippen molar-refractivity contribution >= 4 is 11.8 Å². The van der Waals surface area contributed by atoms with Crippen LogP contribution in [0.1, 0.15) is 16.2 Å². The molecule has 0 saturated heterocycles. The fourth-order valence-corrected chi connectivity index (χ4v) is 1.75. The lowest BCUT2D eigenvalue weighted by atomic mass is 10.1. The molecule has 0 unspecified atom stereocenters. The molecule has 0 saturated carbocycles. The molecule has 2 aromatic rings. The molecule has 116 valence electrons. The predicted octanol–water partition coefficient (Wildman–Crippen LogP) is -2.88. The molecular weight excluding hydrogens is 294 g/mol. The smallest absolute Gasteiger partial charge is 0.326 e. The first kappa shape index (κ1) is 15.2. The van der Waals surface area contributed by atoms with Crippen molar-refractivity contribution in [3.63, 3.8) is 0 Å². The zero-order valence-electron chi connectivity index (χ0n) is 11.2. The maximum Gasteiger partial charge on any atom is 0.326 e. The van der Waals surface area contributed by atoms with Gasteiger partial charge in [-0.05, 0) is 0 Å². The molecule has 11 heteroatoms. The Labute approximate surface area is 122 Å². The molecule has 11 nitrogen and oxygen atoms in total. The summed E-state index contributed by atoms with van der Waals surface area (Å²) in [7, 11) is 0. The van der Waals surface area contributed by atoms with E-state index in [1.165, 1.54) is 12.5 Å². The molecule has 0 aliphatic heterocycles. The highest BCUT2D eigenvalue weighted by Gasteiger charge is 2.22. The van der Waals surface area contributed by atoms with E-state index >= 15 is 0 Å². The van der Waals surface area contributed by atoms with Crippen LogP contribution in [0.5, 0.6) is 0 Å². The van der Waals surface area contributed by atoms with Crippen LogP contribution >= 0.6 is 0 Å². The third kappa shape index (κ3) is 3.67. The van der Waals surface area contributed by atoms with E-state index in [-0.39, 0.29) is 12.1 Å². The molecule has 2 amide bonds. The van der Waals surface area contributed by atoms with Crippen molar-refractivity contribution in [3.8, 4) is 0 Å². The molecule has 0 bridgehead atoms. The SMILES string of the molecule is NNC(=O)[C@H](Cc1cnc[nH]1)NC(=O)c1cc(=O)[nH]c(=O)[nH]1. The highest BCUT2D eigenvalue weighted by Crippen LogP contribution is 2.00. The second-order valence-electron chi connectivity index (χ2n) is 4.32. The minimum absolute atomic E-state index is 0.0994.